The Morgan fingerprint density at radius 1 is 1.38 bits per heavy atom. The van der Waals surface area contributed by atoms with Crippen LogP contribution in [0.15, 0.2) is 28.8 Å². The van der Waals surface area contributed by atoms with Crippen LogP contribution in [0.25, 0.3) is 11.3 Å². The van der Waals surface area contributed by atoms with E-state index in [9.17, 15) is 9.59 Å². The molecule has 0 saturated carbocycles. The molecule has 1 N–H and O–H groups in total. The third-order valence-corrected chi connectivity index (χ3v) is 5.23. The minimum atomic E-state index is -0.652. The van der Waals surface area contributed by atoms with E-state index in [2.05, 4.69) is 10.5 Å². The Bertz CT molecular complexity index is 881. The van der Waals surface area contributed by atoms with Gasteiger partial charge in [-0.1, -0.05) is 35.0 Å². The molecule has 2 aromatic rings. The molecule has 0 unspecified atom stereocenters. The van der Waals surface area contributed by atoms with Gasteiger partial charge in [-0.15, -0.1) is 0 Å². The van der Waals surface area contributed by atoms with Crippen molar-refractivity contribution in [1.82, 2.24) is 15.4 Å². The van der Waals surface area contributed by atoms with Gasteiger partial charge in [0.15, 0.2) is 0 Å². The standard InChI is InChI=1S/C18H18ClN3O4/c1-11-14(15(21-26-11)12-5-2-3-6-13(12)19)16(23)22-8-4-7-18(10-22)9-20-17(24)25-18/h2-3,5-6H,4,7-10H2,1H3,(H,20,24)/t18-/m1/s1. The molecule has 3 heterocycles. The van der Waals surface area contributed by atoms with Crippen LogP contribution in [0.2, 0.25) is 5.02 Å². The number of nitrogens with one attached hydrogen (secondary N) is 1. The zero-order chi connectivity index (χ0) is 18.3. The van der Waals surface area contributed by atoms with Crippen molar-refractivity contribution in [2.24, 2.45) is 0 Å². The molecule has 1 aromatic carbocycles. The van der Waals surface area contributed by atoms with Gasteiger partial charge in [0.1, 0.15) is 22.6 Å². The van der Waals surface area contributed by atoms with Gasteiger partial charge >= 0.3 is 6.09 Å². The lowest BCUT2D eigenvalue weighted by Gasteiger charge is -2.38. The summed E-state index contributed by atoms with van der Waals surface area (Å²) < 4.78 is 10.7. The molecule has 2 amide bonds. The van der Waals surface area contributed by atoms with Crippen LogP contribution in [-0.4, -0.2) is 47.3 Å². The van der Waals surface area contributed by atoms with Crippen LogP contribution in [0.5, 0.6) is 0 Å². The summed E-state index contributed by atoms with van der Waals surface area (Å²) in [7, 11) is 0. The zero-order valence-electron chi connectivity index (χ0n) is 14.3. The number of likely N-dealkylation sites (tertiary alicyclic amines) is 1. The molecule has 2 saturated heterocycles. The second kappa shape index (κ2) is 6.32. The highest BCUT2D eigenvalue weighted by Crippen LogP contribution is 2.34. The molecule has 136 valence electrons. The van der Waals surface area contributed by atoms with E-state index in [4.69, 9.17) is 20.9 Å². The largest absolute Gasteiger partial charge is 0.439 e. The van der Waals surface area contributed by atoms with E-state index in [0.717, 1.165) is 12.8 Å². The van der Waals surface area contributed by atoms with Gasteiger partial charge in [0.2, 0.25) is 0 Å². The van der Waals surface area contributed by atoms with Crippen LogP contribution < -0.4 is 5.32 Å². The second-order valence-corrected chi connectivity index (χ2v) is 7.11. The number of rotatable bonds is 2. The van der Waals surface area contributed by atoms with Gasteiger partial charge in [0, 0.05) is 12.1 Å². The summed E-state index contributed by atoms with van der Waals surface area (Å²) in [5, 5.41) is 7.24. The van der Waals surface area contributed by atoms with Gasteiger partial charge in [-0.05, 0) is 25.8 Å². The fourth-order valence-electron chi connectivity index (χ4n) is 3.62. The summed E-state index contributed by atoms with van der Waals surface area (Å²) in [5.74, 6) is 0.242. The lowest BCUT2D eigenvalue weighted by Crippen LogP contribution is -2.52. The van der Waals surface area contributed by atoms with Crippen molar-refractivity contribution in [1.29, 1.82) is 0 Å². The summed E-state index contributed by atoms with van der Waals surface area (Å²) in [6, 6.07) is 7.20. The van der Waals surface area contributed by atoms with E-state index in [1.807, 2.05) is 12.1 Å². The molecule has 0 bridgehead atoms. The molecule has 2 fully saturated rings. The average molecular weight is 376 g/mol. The summed E-state index contributed by atoms with van der Waals surface area (Å²) in [4.78, 5) is 26.4. The van der Waals surface area contributed by atoms with Crippen molar-refractivity contribution in [3.63, 3.8) is 0 Å². The third-order valence-electron chi connectivity index (χ3n) is 4.90. The van der Waals surface area contributed by atoms with Crippen LogP contribution in [0.1, 0.15) is 29.0 Å². The van der Waals surface area contributed by atoms with E-state index in [-0.39, 0.29) is 5.91 Å². The normalized spacial score (nSPS) is 22.4. The lowest BCUT2D eigenvalue weighted by atomic mass is 9.92. The zero-order valence-corrected chi connectivity index (χ0v) is 15.0. The maximum Gasteiger partial charge on any atom is 0.407 e. The SMILES string of the molecule is Cc1onc(-c2ccccc2Cl)c1C(=O)N1CCC[C@@]2(CNC(=O)O2)C1. The second-order valence-electron chi connectivity index (χ2n) is 6.70. The monoisotopic (exact) mass is 375 g/mol. The fourth-order valence-corrected chi connectivity index (χ4v) is 3.85. The minimum Gasteiger partial charge on any atom is -0.439 e. The Kier molecular flexibility index (Phi) is 4.11. The fraction of sp³-hybridized carbons (Fsp3) is 0.389. The number of hydrogen-bond acceptors (Lipinski definition) is 5. The lowest BCUT2D eigenvalue weighted by molar-refractivity contribution is -0.00508. The van der Waals surface area contributed by atoms with Crippen LogP contribution in [0.3, 0.4) is 0 Å². The maximum atomic E-state index is 13.2. The number of aryl methyl sites for hydroxylation is 1. The number of alkyl carbamates (subject to hydrolysis) is 1. The third kappa shape index (κ3) is 2.82. The number of piperidine rings is 1. The number of halogens is 1. The number of nitrogens with zero attached hydrogens (tertiary/aromatic N) is 2. The Balaban J connectivity index is 1.66. The van der Waals surface area contributed by atoms with Gasteiger partial charge in [-0.2, -0.15) is 0 Å². The highest BCUT2D eigenvalue weighted by molar-refractivity contribution is 6.33. The van der Waals surface area contributed by atoms with Crippen molar-refractivity contribution in [3.05, 3.63) is 40.6 Å². The molecule has 1 spiro atoms. The number of amides is 2. The van der Waals surface area contributed by atoms with Crippen LogP contribution in [0, 0.1) is 6.92 Å². The summed E-state index contributed by atoms with van der Waals surface area (Å²) >= 11 is 6.27. The molecule has 1 aromatic heterocycles. The first-order valence-corrected chi connectivity index (χ1v) is 8.84. The quantitative estimate of drug-likeness (QED) is 0.872. The van der Waals surface area contributed by atoms with E-state index in [0.29, 0.717) is 47.2 Å². The Hall–Kier alpha value is -2.54. The van der Waals surface area contributed by atoms with Crippen LogP contribution in [0.4, 0.5) is 4.79 Å². The summed E-state index contributed by atoms with van der Waals surface area (Å²) in [5.41, 5.74) is 0.822. The molecule has 7 nitrogen and oxygen atoms in total. The van der Waals surface area contributed by atoms with Gasteiger partial charge in [0.25, 0.3) is 5.91 Å². The summed E-state index contributed by atoms with van der Waals surface area (Å²) in [6.07, 6.45) is 1.05. The van der Waals surface area contributed by atoms with Crippen LogP contribution in [-0.2, 0) is 4.74 Å². The highest BCUT2D eigenvalue weighted by atomic mass is 35.5. The first kappa shape index (κ1) is 16.9. The average Bonchev–Trinajstić information content (AvgIpc) is 3.18. The smallest absolute Gasteiger partial charge is 0.407 e. The van der Waals surface area contributed by atoms with Crippen molar-refractivity contribution >= 4 is 23.6 Å². The van der Waals surface area contributed by atoms with Gasteiger partial charge < -0.3 is 19.5 Å². The molecule has 1 atom stereocenters. The first-order chi connectivity index (χ1) is 12.5. The molecular weight excluding hydrogens is 358 g/mol. The topological polar surface area (TPSA) is 84.7 Å². The van der Waals surface area contributed by atoms with Gasteiger partial charge in [-0.3, -0.25) is 4.79 Å². The molecule has 0 aliphatic carbocycles. The first-order valence-electron chi connectivity index (χ1n) is 8.46. The van der Waals surface area contributed by atoms with E-state index in [1.54, 1.807) is 24.0 Å². The predicted molar refractivity (Wildman–Crippen MR) is 94.0 cm³/mol. The number of aromatic nitrogens is 1. The molecule has 4 rings (SSSR count). The van der Waals surface area contributed by atoms with Gasteiger partial charge in [0.05, 0.1) is 18.1 Å². The van der Waals surface area contributed by atoms with Crippen molar-refractivity contribution in [2.75, 3.05) is 19.6 Å². The molecular formula is C18H18ClN3O4. The molecule has 2 aliphatic rings. The molecule has 26 heavy (non-hydrogen) atoms. The van der Waals surface area contributed by atoms with Crippen molar-refractivity contribution in [2.45, 2.75) is 25.4 Å². The summed E-state index contributed by atoms with van der Waals surface area (Å²) in [6.45, 7) is 3.05. The van der Waals surface area contributed by atoms with Gasteiger partial charge in [-0.25, -0.2) is 4.79 Å². The number of hydrogen-bond donors (Lipinski definition) is 1. The Labute approximate surface area is 155 Å². The van der Waals surface area contributed by atoms with E-state index >= 15 is 0 Å². The highest BCUT2D eigenvalue weighted by Gasteiger charge is 2.45. The van der Waals surface area contributed by atoms with E-state index < -0.39 is 11.7 Å². The molecule has 0 radical (unpaired) electrons. The number of carbonyl (C=O) groups is 2. The maximum absolute atomic E-state index is 13.2. The number of carbonyl (C=O) groups excluding carboxylic acids is 2. The van der Waals surface area contributed by atoms with Crippen LogP contribution >= 0.6 is 11.6 Å². The molecule has 2 aliphatic heterocycles. The van der Waals surface area contributed by atoms with Crippen molar-refractivity contribution in [3.8, 4) is 11.3 Å². The Morgan fingerprint density at radius 3 is 2.92 bits per heavy atom. The number of ether oxygens (including phenoxy) is 1. The minimum absolute atomic E-state index is 0.194. The van der Waals surface area contributed by atoms with Crippen molar-refractivity contribution < 1.29 is 18.8 Å². The van der Waals surface area contributed by atoms with E-state index in [1.165, 1.54) is 0 Å². The predicted octanol–water partition coefficient (Wildman–Crippen LogP) is 3.02. The number of benzene rings is 1. The Morgan fingerprint density at radius 2 is 2.19 bits per heavy atom. The molecule has 8 heteroatoms.